The smallest absolute Gasteiger partial charge is 0.159 e. The molecular weight excluding hydrogens is 518 g/mol. The Hall–Kier alpha value is -2.14. The van der Waals surface area contributed by atoms with Crippen molar-refractivity contribution in [3.63, 3.8) is 0 Å². The first kappa shape index (κ1) is 29.1. The van der Waals surface area contributed by atoms with Gasteiger partial charge in [-0.15, -0.1) is 37.2 Å². The van der Waals surface area contributed by atoms with Gasteiger partial charge >= 0.3 is 0 Å². The number of aromatic nitrogens is 5. The Bertz CT molecular complexity index is 1300. The van der Waals surface area contributed by atoms with Crippen LogP contribution in [-0.4, -0.2) is 66.1 Å². The molecule has 8 nitrogen and oxygen atoms in total. The maximum atomic E-state index is 15.1. The van der Waals surface area contributed by atoms with Crippen LogP contribution in [0.2, 0.25) is 0 Å². The third-order valence-corrected chi connectivity index (χ3v) is 6.18. The highest BCUT2D eigenvalue weighted by Gasteiger charge is 2.22. The largest absolute Gasteiger partial charge is 0.395 e. The van der Waals surface area contributed by atoms with Crippen LogP contribution < -0.4 is 0 Å². The number of aliphatic hydroxyl groups excluding tert-OH is 2. The second kappa shape index (κ2) is 12.2. The van der Waals surface area contributed by atoms with E-state index in [-0.39, 0.29) is 62.2 Å². The van der Waals surface area contributed by atoms with Gasteiger partial charge in [-0.25, -0.2) is 13.9 Å². The van der Waals surface area contributed by atoms with Crippen LogP contribution in [0, 0.1) is 12.7 Å². The molecule has 3 aromatic heterocycles. The molecule has 35 heavy (non-hydrogen) atoms. The van der Waals surface area contributed by atoms with Crippen LogP contribution in [0.5, 0.6) is 0 Å². The highest BCUT2D eigenvalue weighted by atomic mass is 35.5. The summed E-state index contributed by atoms with van der Waals surface area (Å²) in [5.74, 6) is -0.137. The molecule has 4 aromatic rings. The van der Waals surface area contributed by atoms with Gasteiger partial charge in [0.1, 0.15) is 5.82 Å². The summed E-state index contributed by atoms with van der Waals surface area (Å²) in [5, 5.41) is 32.6. The van der Waals surface area contributed by atoms with Crippen LogP contribution in [0.1, 0.15) is 35.7 Å². The van der Waals surface area contributed by atoms with Gasteiger partial charge in [0.15, 0.2) is 5.65 Å². The molecule has 1 aromatic carbocycles. The molecule has 2 N–H and O–H groups in total. The first-order chi connectivity index (χ1) is 15.6. The Balaban J connectivity index is 0.00000144. The maximum Gasteiger partial charge on any atom is 0.159 e. The van der Waals surface area contributed by atoms with E-state index in [4.69, 9.17) is 5.11 Å². The van der Waals surface area contributed by atoms with Crippen LogP contribution in [0.3, 0.4) is 0 Å². The van der Waals surface area contributed by atoms with E-state index in [0.717, 1.165) is 37.3 Å². The standard InChI is InChI=1S/C23H25FN6O2.3ClH/c1-14-12-30-23(25-14)17(13-32)10-21(28-30)16-8-19(24)18-11-20(26-27-22(18)9-16)15-2-4-29(5-3-15)6-7-31;;;/h8-12,15,31-32H,2-7,13H2,1H3;3*1H. The van der Waals surface area contributed by atoms with E-state index in [9.17, 15) is 5.11 Å². The van der Waals surface area contributed by atoms with E-state index in [1.54, 1.807) is 22.8 Å². The summed E-state index contributed by atoms with van der Waals surface area (Å²) in [6.07, 6.45) is 3.60. The first-order valence-electron chi connectivity index (χ1n) is 10.8. The predicted octanol–water partition coefficient (Wildman–Crippen LogP) is 3.72. The summed E-state index contributed by atoms with van der Waals surface area (Å²) in [6, 6.07) is 6.77. The van der Waals surface area contributed by atoms with Gasteiger partial charge in [0.2, 0.25) is 0 Å². The number of benzene rings is 1. The highest BCUT2D eigenvalue weighted by Crippen LogP contribution is 2.31. The van der Waals surface area contributed by atoms with Crippen molar-refractivity contribution in [2.24, 2.45) is 0 Å². The number of rotatable bonds is 5. The number of likely N-dealkylation sites (tertiary alicyclic amines) is 1. The number of aliphatic hydroxyl groups is 2. The first-order valence-corrected chi connectivity index (χ1v) is 10.8. The molecule has 0 aliphatic carbocycles. The fraction of sp³-hybridized carbons (Fsp3) is 0.391. The average Bonchev–Trinajstić information content (AvgIpc) is 3.19. The molecule has 0 bridgehead atoms. The fourth-order valence-corrected chi connectivity index (χ4v) is 4.47. The molecule has 0 unspecified atom stereocenters. The number of nitrogens with zero attached hydrogens (tertiary/aromatic N) is 6. The maximum absolute atomic E-state index is 15.1. The number of hydrogen-bond donors (Lipinski definition) is 2. The van der Waals surface area contributed by atoms with Crippen molar-refractivity contribution in [3.05, 3.63) is 53.2 Å². The summed E-state index contributed by atoms with van der Waals surface area (Å²) < 4.78 is 16.7. The number of aryl methyl sites for hydroxylation is 1. The van der Waals surface area contributed by atoms with Crippen LogP contribution >= 0.6 is 37.2 Å². The molecule has 5 rings (SSSR count). The van der Waals surface area contributed by atoms with Gasteiger partial charge in [0.25, 0.3) is 0 Å². The molecule has 0 amide bonds. The number of piperidine rings is 1. The molecule has 0 radical (unpaired) electrons. The fourth-order valence-electron chi connectivity index (χ4n) is 4.47. The van der Waals surface area contributed by atoms with Crippen LogP contribution in [0.15, 0.2) is 30.5 Å². The molecule has 4 heterocycles. The van der Waals surface area contributed by atoms with Gasteiger partial charge in [0, 0.05) is 29.0 Å². The minimum absolute atomic E-state index is 0. The topological polar surface area (TPSA) is 99.7 Å². The third-order valence-electron chi connectivity index (χ3n) is 6.18. The molecule has 190 valence electrons. The van der Waals surface area contributed by atoms with Crippen molar-refractivity contribution in [3.8, 4) is 11.3 Å². The monoisotopic (exact) mass is 544 g/mol. The van der Waals surface area contributed by atoms with Crippen molar-refractivity contribution in [2.45, 2.75) is 32.3 Å². The molecule has 1 aliphatic heterocycles. The van der Waals surface area contributed by atoms with E-state index in [1.165, 1.54) is 6.07 Å². The lowest BCUT2D eigenvalue weighted by Crippen LogP contribution is -2.35. The van der Waals surface area contributed by atoms with E-state index in [2.05, 4.69) is 25.2 Å². The Labute approximate surface area is 220 Å². The van der Waals surface area contributed by atoms with Gasteiger partial charge in [-0.05, 0) is 57.1 Å². The van der Waals surface area contributed by atoms with Crippen molar-refractivity contribution < 1.29 is 14.6 Å². The number of halogens is 4. The van der Waals surface area contributed by atoms with E-state index in [0.29, 0.717) is 39.9 Å². The molecular formula is C23H28Cl3FN6O2. The molecule has 0 spiro atoms. The summed E-state index contributed by atoms with van der Waals surface area (Å²) in [6.45, 7) is 4.30. The lowest BCUT2D eigenvalue weighted by atomic mass is 9.92. The van der Waals surface area contributed by atoms with Crippen LogP contribution in [0.4, 0.5) is 4.39 Å². The molecule has 0 saturated carbocycles. The SMILES string of the molecule is Cc1cn2nc(-c3cc(F)c4cc(C5CCN(CCO)CC5)nnc4c3)cc(CO)c2n1.Cl.Cl.Cl. The van der Waals surface area contributed by atoms with Gasteiger partial charge in [-0.2, -0.15) is 15.3 Å². The van der Waals surface area contributed by atoms with E-state index >= 15 is 4.39 Å². The summed E-state index contributed by atoms with van der Waals surface area (Å²) in [4.78, 5) is 6.61. The second-order valence-electron chi connectivity index (χ2n) is 8.36. The quantitative estimate of drug-likeness (QED) is 0.394. The Morgan fingerprint density at radius 3 is 2.46 bits per heavy atom. The highest BCUT2D eigenvalue weighted by molar-refractivity contribution is 5.86. The minimum atomic E-state index is -0.374. The van der Waals surface area contributed by atoms with Gasteiger partial charge in [-0.3, -0.25) is 0 Å². The van der Waals surface area contributed by atoms with Crippen molar-refractivity contribution in [1.29, 1.82) is 0 Å². The van der Waals surface area contributed by atoms with E-state index in [1.807, 2.05) is 13.0 Å². The molecule has 0 atom stereocenters. The zero-order valence-corrected chi connectivity index (χ0v) is 21.5. The second-order valence-corrected chi connectivity index (χ2v) is 8.36. The van der Waals surface area contributed by atoms with Gasteiger partial charge in [0.05, 0.1) is 42.0 Å². The minimum Gasteiger partial charge on any atom is -0.395 e. The van der Waals surface area contributed by atoms with Crippen molar-refractivity contribution >= 4 is 53.8 Å². The molecule has 1 aliphatic rings. The molecule has 1 fully saturated rings. The lowest BCUT2D eigenvalue weighted by Gasteiger charge is -2.30. The Kier molecular flexibility index (Phi) is 10.1. The zero-order valence-electron chi connectivity index (χ0n) is 19.1. The zero-order chi connectivity index (χ0) is 22.2. The summed E-state index contributed by atoms with van der Waals surface area (Å²) >= 11 is 0. The number of hydrogen-bond acceptors (Lipinski definition) is 7. The van der Waals surface area contributed by atoms with Gasteiger partial charge < -0.3 is 15.1 Å². The summed E-state index contributed by atoms with van der Waals surface area (Å²) in [5.41, 5.74) is 4.37. The normalized spacial score (nSPS) is 14.4. The van der Waals surface area contributed by atoms with Gasteiger partial charge in [-0.1, -0.05) is 0 Å². The lowest BCUT2D eigenvalue weighted by molar-refractivity contribution is 0.163. The number of fused-ring (bicyclic) bond motifs is 2. The molecule has 12 heteroatoms. The third kappa shape index (κ3) is 5.82. The van der Waals surface area contributed by atoms with Crippen molar-refractivity contribution in [2.75, 3.05) is 26.2 Å². The predicted molar refractivity (Wildman–Crippen MR) is 139 cm³/mol. The summed E-state index contributed by atoms with van der Waals surface area (Å²) in [7, 11) is 0. The van der Waals surface area contributed by atoms with E-state index < -0.39 is 0 Å². The van der Waals surface area contributed by atoms with Crippen LogP contribution in [-0.2, 0) is 6.61 Å². The number of imidazole rings is 1. The Morgan fingerprint density at radius 1 is 1.03 bits per heavy atom. The average molecular weight is 546 g/mol. The number of β-amino-alcohol motifs (C(OH)–C–C–N with tert-alkyl or cyclic N) is 1. The van der Waals surface area contributed by atoms with Crippen LogP contribution in [0.25, 0.3) is 27.8 Å². The van der Waals surface area contributed by atoms with Crippen molar-refractivity contribution in [1.82, 2.24) is 29.7 Å². The molecule has 1 saturated heterocycles. The Morgan fingerprint density at radius 2 is 1.77 bits per heavy atom.